The van der Waals surface area contributed by atoms with E-state index < -0.39 is 15.4 Å². The molecule has 0 N–H and O–H groups in total. The minimum atomic E-state index is -3.30. The summed E-state index contributed by atoms with van der Waals surface area (Å²) in [6, 6.07) is 8.48. The number of carbonyl (C=O) groups is 1. The number of aromatic nitrogens is 1. The second kappa shape index (κ2) is 7.37. The number of halogens is 1. The van der Waals surface area contributed by atoms with Crippen molar-refractivity contribution in [3.8, 4) is 11.1 Å². The van der Waals surface area contributed by atoms with E-state index in [1.807, 2.05) is 32.9 Å². The molecular formula is C20H23ClN2O4S. The molecule has 150 valence electrons. The molecule has 2 heterocycles. The molecule has 6 nitrogen and oxygen atoms in total. The second-order valence-corrected chi connectivity index (χ2v) is 10.4. The molecule has 0 aliphatic carbocycles. The van der Waals surface area contributed by atoms with Gasteiger partial charge in [0.2, 0.25) is 0 Å². The average Bonchev–Trinajstić information content (AvgIpc) is 2.51. The van der Waals surface area contributed by atoms with Crippen LogP contribution >= 0.6 is 11.6 Å². The number of hydrogen-bond donors (Lipinski definition) is 0. The van der Waals surface area contributed by atoms with Crippen molar-refractivity contribution in [3.63, 3.8) is 0 Å². The van der Waals surface area contributed by atoms with Gasteiger partial charge in [-0.15, -0.1) is 0 Å². The first-order valence-corrected chi connectivity index (χ1v) is 11.1. The van der Waals surface area contributed by atoms with Gasteiger partial charge in [0.15, 0.2) is 9.84 Å². The SMILES string of the molecule is CC(C)(C)OC(=O)N1CC(c2ccc(-c3ccc(S(C)(=O)=O)cc3Cl)cn2)C1. The first kappa shape index (κ1) is 20.6. The number of ether oxygens (including phenoxy) is 1. The Balaban J connectivity index is 1.68. The van der Waals surface area contributed by atoms with Crippen molar-refractivity contribution in [2.24, 2.45) is 0 Å². The van der Waals surface area contributed by atoms with Crippen molar-refractivity contribution in [1.29, 1.82) is 0 Å². The number of pyridine rings is 1. The largest absolute Gasteiger partial charge is 0.444 e. The Hall–Kier alpha value is -2.12. The van der Waals surface area contributed by atoms with Crippen molar-refractivity contribution in [2.75, 3.05) is 19.3 Å². The van der Waals surface area contributed by atoms with Gasteiger partial charge in [-0.3, -0.25) is 4.98 Å². The molecule has 0 radical (unpaired) electrons. The van der Waals surface area contributed by atoms with E-state index in [-0.39, 0.29) is 16.9 Å². The van der Waals surface area contributed by atoms with Gasteiger partial charge < -0.3 is 9.64 Å². The minimum Gasteiger partial charge on any atom is -0.444 e. The molecule has 1 aliphatic rings. The molecule has 2 aromatic rings. The molecule has 0 atom stereocenters. The summed E-state index contributed by atoms with van der Waals surface area (Å²) in [4.78, 5) is 18.4. The van der Waals surface area contributed by atoms with E-state index in [2.05, 4.69) is 4.98 Å². The lowest BCUT2D eigenvalue weighted by atomic mass is 9.95. The van der Waals surface area contributed by atoms with E-state index in [4.69, 9.17) is 16.3 Å². The van der Waals surface area contributed by atoms with Crippen molar-refractivity contribution in [1.82, 2.24) is 9.88 Å². The van der Waals surface area contributed by atoms with Gasteiger partial charge in [-0.1, -0.05) is 23.7 Å². The number of benzene rings is 1. The lowest BCUT2D eigenvalue weighted by molar-refractivity contribution is 0.00787. The van der Waals surface area contributed by atoms with Gasteiger partial charge in [0, 0.05) is 53.3 Å². The average molecular weight is 423 g/mol. The number of carbonyl (C=O) groups excluding carboxylic acids is 1. The summed E-state index contributed by atoms with van der Waals surface area (Å²) in [6.07, 6.45) is 2.55. The second-order valence-electron chi connectivity index (χ2n) is 7.97. The standard InChI is InChI=1S/C20H23ClN2O4S/c1-20(2,3)27-19(24)23-11-14(12-23)18-8-5-13(10-22-18)16-7-6-15(9-17(16)21)28(4,25)26/h5-10,14H,11-12H2,1-4H3. The summed E-state index contributed by atoms with van der Waals surface area (Å²) in [5, 5.41) is 0.359. The predicted octanol–water partition coefficient (Wildman–Crippen LogP) is 4.14. The van der Waals surface area contributed by atoms with Crippen molar-refractivity contribution in [3.05, 3.63) is 47.2 Å². The molecule has 1 aromatic carbocycles. The van der Waals surface area contributed by atoms with E-state index in [0.717, 1.165) is 23.1 Å². The van der Waals surface area contributed by atoms with Crippen LogP contribution in [0.15, 0.2) is 41.4 Å². The van der Waals surface area contributed by atoms with Crippen LogP contribution in [0.5, 0.6) is 0 Å². The molecule has 0 spiro atoms. The first-order valence-electron chi connectivity index (χ1n) is 8.88. The van der Waals surface area contributed by atoms with Gasteiger partial charge in [0.25, 0.3) is 0 Å². The Morgan fingerprint density at radius 2 is 1.89 bits per heavy atom. The Labute approximate surface area is 170 Å². The molecular weight excluding hydrogens is 400 g/mol. The number of likely N-dealkylation sites (tertiary alicyclic amines) is 1. The molecule has 0 bridgehead atoms. The third-order valence-corrected chi connectivity index (χ3v) is 5.84. The van der Waals surface area contributed by atoms with Crippen molar-refractivity contribution >= 4 is 27.5 Å². The highest BCUT2D eigenvalue weighted by Gasteiger charge is 2.35. The third-order valence-electron chi connectivity index (χ3n) is 4.42. The van der Waals surface area contributed by atoms with Gasteiger partial charge in [-0.05, 0) is 39.0 Å². The zero-order valence-electron chi connectivity index (χ0n) is 16.3. The summed E-state index contributed by atoms with van der Waals surface area (Å²) < 4.78 is 28.6. The predicted molar refractivity (Wildman–Crippen MR) is 108 cm³/mol. The molecule has 1 amide bonds. The van der Waals surface area contributed by atoms with Crippen LogP contribution in [0.1, 0.15) is 32.4 Å². The fourth-order valence-electron chi connectivity index (χ4n) is 2.91. The highest BCUT2D eigenvalue weighted by atomic mass is 35.5. The van der Waals surface area contributed by atoms with E-state index >= 15 is 0 Å². The number of nitrogens with zero attached hydrogens (tertiary/aromatic N) is 2. The molecule has 1 fully saturated rings. The van der Waals surface area contributed by atoms with Crippen LogP contribution in [0, 0.1) is 0 Å². The normalized spacial score (nSPS) is 15.2. The smallest absolute Gasteiger partial charge is 0.410 e. The lowest BCUT2D eigenvalue weighted by Crippen LogP contribution is -2.50. The van der Waals surface area contributed by atoms with Crippen LogP contribution in [0.3, 0.4) is 0 Å². The Kier molecular flexibility index (Phi) is 5.42. The van der Waals surface area contributed by atoms with Gasteiger partial charge in [0.1, 0.15) is 5.60 Å². The molecule has 1 aromatic heterocycles. The maximum Gasteiger partial charge on any atom is 0.410 e. The number of amides is 1. The van der Waals surface area contributed by atoms with Crippen LogP contribution in [0.2, 0.25) is 5.02 Å². The zero-order chi connectivity index (χ0) is 20.7. The van der Waals surface area contributed by atoms with Gasteiger partial charge in [-0.25, -0.2) is 13.2 Å². The van der Waals surface area contributed by atoms with E-state index in [1.54, 1.807) is 17.2 Å². The molecule has 8 heteroatoms. The third kappa shape index (κ3) is 4.64. The van der Waals surface area contributed by atoms with Crippen LogP contribution in [-0.4, -0.2) is 49.3 Å². The maximum atomic E-state index is 12.0. The summed E-state index contributed by atoms with van der Waals surface area (Å²) in [6.45, 7) is 6.68. The molecule has 28 heavy (non-hydrogen) atoms. The van der Waals surface area contributed by atoms with Crippen molar-refractivity contribution < 1.29 is 17.9 Å². The van der Waals surface area contributed by atoms with E-state index in [9.17, 15) is 13.2 Å². The quantitative estimate of drug-likeness (QED) is 0.742. The van der Waals surface area contributed by atoms with Crippen LogP contribution in [0.4, 0.5) is 4.79 Å². The molecule has 1 aliphatic heterocycles. The Morgan fingerprint density at radius 3 is 2.39 bits per heavy atom. The summed E-state index contributed by atoms with van der Waals surface area (Å²) in [7, 11) is -3.30. The highest BCUT2D eigenvalue weighted by Crippen LogP contribution is 2.32. The topological polar surface area (TPSA) is 76.6 Å². The number of sulfone groups is 1. The van der Waals surface area contributed by atoms with Crippen LogP contribution in [0.25, 0.3) is 11.1 Å². The highest BCUT2D eigenvalue weighted by molar-refractivity contribution is 7.90. The summed E-state index contributed by atoms with van der Waals surface area (Å²) >= 11 is 6.27. The summed E-state index contributed by atoms with van der Waals surface area (Å²) in [5.41, 5.74) is 1.91. The Morgan fingerprint density at radius 1 is 1.21 bits per heavy atom. The lowest BCUT2D eigenvalue weighted by Gasteiger charge is -2.39. The van der Waals surface area contributed by atoms with Gasteiger partial charge in [-0.2, -0.15) is 0 Å². The van der Waals surface area contributed by atoms with Crippen molar-refractivity contribution in [2.45, 2.75) is 37.2 Å². The van der Waals surface area contributed by atoms with E-state index in [0.29, 0.717) is 18.1 Å². The molecule has 1 saturated heterocycles. The fraction of sp³-hybridized carbons (Fsp3) is 0.400. The zero-order valence-corrected chi connectivity index (χ0v) is 17.8. The minimum absolute atomic E-state index is 0.171. The molecule has 0 saturated carbocycles. The number of rotatable bonds is 3. The van der Waals surface area contributed by atoms with Gasteiger partial charge in [0.05, 0.1) is 4.90 Å². The van der Waals surface area contributed by atoms with Crippen LogP contribution < -0.4 is 0 Å². The van der Waals surface area contributed by atoms with Gasteiger partial charge >= 0.3 is 6.09 Å². The van der Waals surface area contributed by atoms with Crippen LogP contribution in [-0.2, 0) is 14.6 Å². The first-order chi connectivity index (χ1) is 12.9. The maximum absolute atomic E-state index is 12.0. The fourth-order valence-corrected chi connectivity index (χ4v) is 3.91. The Bertz CT molecular complexity index is 992. The monoisotopic (exact) mass is 422 g/mol. The summed E-state index contributed by atoms with van der Waals surface area (Å²) in [5.74, 6) is 0.171. The molecule has 0 unspecified atom stereocenters. The van der Waals surface area contributed by atoms with E-state index in [1.165, 1.54) is 12.1 Å². The molecule has 3 rings (SSSR count). The number of hydrogen-bond acceptors (Lipinski definition) is 5.